The van der Waals surface area contributed by atoms with Gasteiger partial charge in [0.25, 0.3) is 0 Å². The molecule has 0 saturated carbocycles. The van der Waals surface area contributed by atoms with Crippen molar-refractivity contribution in [3.63, 3.8) is 0 Å². The number of carbonyl (C=O) groups excluding carboxylic acids is 3. The highest BCUT2D eigenvalue weighted by atomic mass is 16.2. The second kappa shape index (κ2) is 6.65. The van der Waals surface area contributed by atoms with Gasteiger partial charge >= 0.3 is 0 Å². The van der Waals surface area contributed by atoms with Crippen molar-refractivity contribution in [2.24, 2.45) is 0 Å². The van der Waals surface area contributed by atoms with E-state index in [9.17, 15) is 14.4 Å². The summed E-state index contributed by atoms with van der Waals surface area (Å²) in [5, 5.41) is 2.96. The van der Waals surface area contributed by atoms with E-state index in [-0.39, 0.29) is 17.6 Å². The van der Waals surface area contributed by atoms with Crippen molar-refractivity contribution in [3.05, 3.63) is 71.8 Å². The SMILES string of the molecule is CC1=CC(=O)N([C@@H](C(=O)NC(C)(C)C)c2ccccc2)[C@]12C=CC=CC2=O. The zero-order chi connectivity index (χ0) is 19.8. The highest BCUT2D eigenvalue weighted by molar-refractivity contribution is 6.12. The summed E-state index contributed by atoms with van der Waals surface area (Å²) in [5.74, 6) is -0.895. The van der Waals surface area contributed by atoms with Crippen LogP contribution >= 0.6 is 0 Å². The number of nitrogens with one attached hydrogen (secondary N) is 1. The molecule has 0 unspecified atom stereocenters. The summed E-state index contributed by atoms with van der Waals surface area (Å²) in [6, 6.07) is 8.16. The Bertz CT molecular complexity index is 875. The van der Waals surface area contributed by atoms with E-state index >= 15 is 0 Å². The molecule has 0 bridgehead atoms. The van der Waals surface area contributed by atoms with E-state index in [1.54, 1.807) is 37.3 Å². The molecule has 2 aliphatic rings. The van der Waals surface area contributed by atoms with E-state index in [1.165, 1.54) is 17.1 Å². The van der Waals surface area contributed by atoms with Crippen molar-refractivity contribution in [1.82, 2.24) is 10.2 Å². The quantitative estimate of drug-likeness (QED) is 0.897. The smallest absolute Gasteiger partial charge is 0.248 e. The lowest BCUT2D eigenvalue weighted by Gasteiger charge is -2.42. The van der Waals surface area contributed by atoms with E-state index in [4.69, 9.17) is 0 Å². The molecule has 0 saturated heterocycles. The number of amides is 2. The standard InChI is InChI=1S/C22H24N2O3/c1-15-14-18(26)24(22(15)13-9-8-12-17(22)25)19(16-10-6-5-7-11-16)20(27)23-21(2,3)4/h5-14,19H,1-4H3,(H,23,27)/t19-,22-/m1/s1. The largest absolute Gasteiger partial charge is 0.349 e. The molecule has 5 heteroatoms. The van der Waals surface area contributed by atoms with Crippen LogP contribution < -0.4 is 5.32 Å². The van der Waals surface area contributed by atoms with Gasteiger partial charge in [0.2, 0.25) is 11.8 Å². The maximum absolute atomic E-state index is 13.2. The van der Waals surface area contributed by atoms with Crippen molar-refractivity contribution in [1.29, 1.82) is 0 Å². The number of carbonyl (C=O) groups is 3. The van der Waals surface area contributed by atoms with Crippen LogP contribution in [-0.2, 0) is 14.4 Å². The van der Waals surface area contributed by atoms with Crippen LogP contribution in [0, 0.1) is 0 Å². The van der Waals surface area contributed by atoms with Crippen LogP contribution in [-0.4, -0.2) is 33.6 Å². The summed E-state index contributed by atoms with van der Waals surface area (Å²) in [7, 11) is 0. The normalized spacial score (nSPS) is 23.0. The summed E-state index contributed by atoms with van der Waals surface area (Å²) in [5.41, 5.74) is -0.468. The van der Waals surface area contributed by atoms with Crippen molar-refractivity contribution in [2.75, 3.05) is 0 Å². The molecule has 2 amide bonds. The Morgan fingerprint density at radius 1 is 1.11 bits per heavy atom. The predicted molar refractivity (Wildman–Crippen MR) is 104 cm³/mol. The lowest BCUT2D eigenvalue weighted by molar-refractivity contribution is -0.144. The van der Waals surface area contributed by atoms with Gasteiger partial charge in [-0.25, -0.2) is 0 Å². The number of allylic oxidation sites excluding steroid dienone is 2. The van der Waals surface area contributed by atoms with Gasteiger partial charge in [0.05, 0.1) is 0 Å². The molecule has 5 nitrogen and oxygen atoms in total. The lowest BCUT2D eigenvalue weighted by atomic mass is 9.82. The van der Waals surface area contributed by atoms with Crippen LogP contribution in [0.4, 0.5) is 0 Å². The number of nitrogens with zero attached hydrogens (tertiary/aromatic N) is 1. The Morgan fingerprint density at radius 3 is 2.37 bits per heavy atom. The molecule has 2 atom stereocenters. The summed E-state index contributed by atoms with van der Waals surface area (Å²) in [4.78, 5) is 40.5. The minimum Gasteiger partial charge on any atom is -0.349 e. The predicted octanol–water partition coefficient (Wildman–Crippen LogP) is 2.86. The molecule has 27 heavy (non-hydrogen) atoms. The number of rotatable bonds is 3. The van der Waals surface area contributed by atoms with Gasteiger partial charge in [-0.05, 0) is 51.0 Å². The van der Waals surface area contributed by atoms with E-state index in [0.717, 1.165) is 0 Å². The molecule has 1 N–H and O–H groups in total. The number of benzene rings is 1. The molecular weight excluding hydrogens is 340 g/mol. The molecule has 0 radical (unpaired) electrons. The molecule has 1 aliphatic carbocycles. The minimum absolute atomic E-state index is 0.228. The first-order valence-electron chi connectivity index (χ1n) is 8.96. The number of ketones is 1. The Morgan fingerprint density at radius 2 is 1.78 bits per heavy atom. The molecule has 1 heterocycles. The summed E-state index contributed by atoms with van der Waals surface area (Å²) < 4.78 is 0. The average Bonchev–Trinajstić information content (AvgIpc) is 2.82. The fourth-order valence-electron chi connectivity index (χ4n) is 3.62. The Balaban J connectivity index is 2.15. The number of hydrogen-bond acceptors (Lipinski definition) is 3. The summed E-state index contributed by atoms with van der Waals surface area (Å²) in [6.07, 6.45) is 7.99. The topological polar surface area (TPSA) is 66.5 Å². The van der Waals surface area contributed by atoms with Crippen molar-refractivity contribution >= 4 is 17.6 Å². The van der Waals surface area contributed by atoms with Crippen LogP contribution in [0.2, 0.25) is 0 Å². The highest BCUT2D eigenvalue weighted by Gasteiger charge is 2.53. The first kappa shape index (κ1) is 18.8. The second-order valence-electron chi connectivity index (χ2n) is 7.94. The maximum Gasteiger partial charge on any atom is 0.248 e. The lowest BCUT2D eigenvalue weighted by Crippen LogP contribution is -2.58. The van der Waals surface area contributed by atoms with Crippen LogP contribution in [0.3, 0.4) is 0 Å². The summed E-state index contributed by atoms with van der Waals surface area (Å²) >= 11 is 0. The van der Waals surface area contributed by atoms with E-state index in [2.05, 4.69) is 5.32 Å². The van der Waals surface area contributed by atoms with Gasteiger partial charge in [-0.1, -0.05) is 42.5 Å². The zero-order valence-electron chi connectivity index (χ0n) is 16.0. The third-order valence-corrected chi connectivity index (χ3v) is 4.75. The van der Waals surface area contributed by atoms with Gasteiger partial charge in [0.1, 0.15) is 11.6 Å². The van der Waals surface area contributed by atoms with Crippen LogP contribution in [0.25, 0.3) is 0 Å². The first-order valence-corrected chi connectivity index (χ1v) is 8.96. The van der Waals surface area contributed by atoms with Gasteiger partial charge in [0, 0.05) is 11.6 Å². The van der Waals surface area contributed by atoms with Crippen LogP contribution in [0.5, 0.6) is 0 Å². The monoisotopic (exact) mass is 364 g/mol. The molecule has 1 aromatic carbocycles. The Hall–Kier alpha value is -2.95. The second-order valence-corrected chi connectivity index (χ2v) is 7.94. The van der Waals surface area contributed by atoms with Gasteiger partial charge in [-0.15, -0.1) is 0 Å². The third-order valence-electron chi connectivity index (χ3n) is 4.75. The molecule has 1 aromatic rings. The minimum atomic E-state index is -1.26. The average molecular weight is 364 g/mol. The molecule has 1 aliphatic heterocycles. The maximum atomic E-state index is 13.2. The van der Waals surface area contributed by atoms with Crippen molar-refractivity contribution in [3.8, 4) is 0 Å². The molecule has 1 spiro atoms. The first-order chi connectivity index (χ1) is 12.7. The molecule has 0 aromatic heterocycles. The molecular formula is C22H24N2O3. The van der Waals surface area contributed by atoms with E-state index < -0.39 is 17.1 Å². The van der Waals surface area contributed by atoms with Crippen LogP contribution in [0.15, 0.2) is 66.3 Å². The fraction of sp³-hybridized carbons (Fsp3) is 0.318. The van der Waals surface area contributed by atoms with Crippen LogP contribution in [0.1, 0.15) is 39.3 Å². The van der Waals surface area contributed by atoms with Crippen molar-refractivity contribution in [2.45, 2.75) is 44.8 Å². The van der Waals surface area contributed by atoms with Gasteiger partial charge in [0.15, 0.2) is 5.78 Å². The molecule has 140 valence electrons. The van der Waals surface area contributed by atoms with Crippen molar-refractivity contribution < 1.29 is 14.4 Å². The molecule has 0 fully saturated rings. The Kier molecular flexibility index (Phi) is 4.64. The number of hydrogen-bond donors (Lipinski definition) is 1. The third kappa shape index (κ3) is 3.25. The van der Waals surface area contributed by atoms with Gasteiger partial charge in [-0.2, -0.15) is 0 Å². The van der Waals surface area contributed by atoms with E-state index in [1.807, 2.05) is 39.0 Å². The Labute approximate surface area is 159 Å². The fourth-order valence-corrected chi connectivity index (χ4v) is 3.62. The zero-order valence-corrected chi connectivity index (χ0v) is 16.0. The summed E-state index contributed by atoms with van der Waals surface area (Å²) in [6.45, 7) is 7.40. The van der Waals surface area contributed by atoms with Gasteiger partial charge < -0.3 is 10.2 Å². The molecule has 3 rings (SSSR count). The highest BCUT2D eigenvalue weighted by Crippen LogP contribution is 2.41. The van der Waals surface area contributed by atoms with Gasteiger partial charge in [-0.3, -0.25) is 14.4 Å². The van der Waals surface area contributed by atoms with E-state index in [0.29, 0.717) is 11.1 Å².